The first-order valence-corrected chi connectivity index (χ1v) is 16.4. The number of thiol groups is 1. The number of hydrogen-bond donors (Lipinski definition) is 3. The third-order valence-corrected chi connectivity index (χ3v) is 8.94. The van der Waals surface area contributed by atoms with Crippen LogP contribution in [-0.4, -0.2) is 59.1 Å². The van der Waals surface area contributed by atoms with Gasteiger partial charge in [0.05, 0.1) is 4.90 Å². The molecule has 1 unspecified atom stereocenters. The molecule has 0 spiro atoms. The van der Waals surface area contributed by atoms with Crippen LogP contribution in [0.15, 0.2) is 71.6 Å². The van der Waals surface area contributed by atoms with Crippen molar-refractivity contribution >= 4 is 40.4 Å². The number of sulfonamides is 1. The highest BCUT2D eigenvalue weighted by atomic mass is 32.2. The van der Waals surface area contributed by atoms with Crippen LogP contribution in [0, 0.1) is 11.6 Å². The predicted molar refractivity (Wildman–Crippen MR) is 169 cm³/mol. The van der Waals surface area contributed by atoms with E-state index in [1.165, 1.54) is 54.3 Å². The quantitative estimate of drug-likeness (QED) is 0.118. The molecule has 0 radical (unpaired) electrons. The zero-order valence-electron chi connectivity index (χ0n) is 25.1. The van der Waals surface area contributed by atoms with Crippen LogP contribution in [0.4, 0.5) is 8.78 Å². The highest BCUT2D eigenvalue weighted by Crippen LogP contribution is 2.31. The van der Waals surface area contributed by atoms with E-state index in [4.69, 9.17) is 0 Å². The van der Waals surface area contributed by atoms with Gasteiger partial charge in [-0.3, -0.25) is 19.6 Å². The standard InChI is InChI=1S/C32H37F2N3O6S2/c1-3-9-32(40)36(17-16-30(38)35-20-25(44)18-23-10-5-7-12-27(23)33)21-24-15-14-22(19-28(24)34)26-11-6-8-13-29(26)45(42,43)37(41)31(39)4-2/h5-8,10-15,19,25,41,44H,3-4,9,16-18,20-21H2,1-2H3,(H,35,38). The molecular formula is C32H37F2N3O6S2. The first kappa shape index (κ1) is 35.7. The van der Waals surface area contributed by atoms with Gasteiger partial charge in [-0.05, 0) is 42.2 Å². The minimum atomic E-state index is -4.63. The summed E-state index contributed by atoms with van der Waals surface area (Å²) in [6.07, 6.45) is 0.768. The van der Waals surface area contributed by atoms with Gasteiger partial charge in [0.25, 0.3) is 15.9 Å². The fraction of sp³-hybridized carbons (Fsp3) is 0.344. The summed E-state index contributed by atoms with van der Waals surface area (Å²) in [6, 6.07) is 15.9. The molecule has 9 nitrogen and oxygen atoms in total. The van der Waals surface area contributed by atoms with Gasteiger partial charge in [-0.15, -0.1) is 4.47 Å². The lowest BCUT2D eigenvalue weighted by atomic mass is 10.0. The molecule has 0 fully saturated rings. The van der Waals surface area contributed by atoms with Gasteiger partial charge in [0.1, 0.15) is 11.6 Å². The van der Waals surface area contributed by atoms with E-state index in [2.05, 4.69) is 17.9 Å². The summed E-state index contributed by atoms with van der Waals surface area (Å²) in [7, 11) is -4.63. The summed E-state index contributed by atoms with van der Waals surface area (Å²) >= 11 is 4.44. The van der Waals surface area contributed by atoms with Crippen molar-refractivity contribution in [3.05, 3.63) is 89.5 Å². The van der Waals surface area contributed by atoms with Crippen LogP contribution < -0.4 is 5.32 Å². The molecule has 0 bridgehead atoms. The van der Waals surface area contributed by atoms with Crippen molar-refractivity contribution < 1.29 is 36.8 Å². The topological polar surface area (TPSA) is 124 Å². The predicted octanol–water partition coefficient (Wildman–Crippen LogP) is 5.12. The van der Waals surface area contributed by atoms with Gasteiger partial charge >= 0.3 is 0 Å². The number of halogens is 2. The van der Waals surface area contributed by atoms with Crippen molar-refractivity contribution in [2.75, 3.05) is 13.1 Å². The Kier molecular flexibility index (Phi) is 13.1. The first-order valence-electron chi connectivity index (χ1n) is 14.5. The van der Waals surface area contributed by atoms with Gasteiger partial charge in [-0.1, -0.05) is 62.4 Å². The number of amides is 3. The average Bonchev–Trinajstić information content (AvgIpc) is 3.03. The molecule has 0 saturated carbocycles. The van der Waals surface area contributed by atoms with E-state index in [0.29, 0.717) is 18.4 Å². The number of nitrogens with one attached hydrogen (secondary N) is 1. The Morgan fingerprint density at radius 1 is 0.911 bits per heavy atom. The number of nitrogens with zero attached hydrogens (tertiary/aromatic N) is 2. The van der Waals surface area contributed by atoms with Gasteiger partial charge in [-0.2, -0.15) is 21.0 Å². The maximum atomic E-state index is 15.4. The molecule has 2 N–H and O–H groups in total. The van der Waals surface area contributed by atoms with Crippen LogP contribution in [-0.2, 0) is 37.4 Å². The van der Waals surface area contributed by atoms with Crippen molar-refractivity contribution in [2.45, 2.75) is 62.6 Å². The molecule has 3 aromatic carbocycles. The van der Waals surface area contributed by atoms with Gasteiger partial charge in [0.15, 0.2) is 0 Å². The van der Waals surface area contributed by atoms with Crippen LogP contribution in [0.3, 0.4) is 0 Å². The summed E-state index contributed by atoms with van der Waals surface area (Å²) in [5, 5.41) is 12.4. The number of benzene rings is 3. The van der Waals surface area contributed by atoms with E-state index < -0.39 is 21.7 Å². The lowest BCUT2D eigenvalue weighted by molar-refractivity contribution is -0.145. The zero-order chi connectivity index (χ0) is 33.1. The molecule has 1 atom stereocenters. The summed E-state index contributed by atoms with van der Waals surface area (Å²) in [6.45, 7) is 3.31. The van der Waals surface area contributed by atoms with E-state index in [-0.39, 0.29) is 87.8 Å². The fourth-order valence-corrected chi connectivity index (χ4v) is 6.14. The van der Waals surface area contributed by atoms with Crippen molar-refractivity contribution in [3.63, 3.8) is 0 Å². The maximum absolute atomic E-state index is 15.4. The molecule has 0 aromatic heterocycles. The van der Waals surface area contributed by atoms with Crippen molar-refractivity contribution in [3.8, 4) is 11.1 Å². The monoisotopic (exact) mass is 661 g/mol. The molecule has 0 saturated heterocycles. The molecule has 45 heavy (non-hydrogen) atoms. The largest absolute Gasteiger partial charge is 0.355 e. The Morgan fingerprint density at radius 3 is 2.27 bits per heavy atom. The molecule has 0 aliphatic rings. The summed E-state index contributed by atoms with van der Waals surface area (Å²) in [4.78, 5) is 38.3. The van der Waals surface area contributed by atoms with Crippen LogP contribution in [0.5, 0.6) is 0 Å². The number of hydrogen-bond acceptors (Lipinski definition) is 7. The Bertz CT molecular complexity index is 1620. The number of carbonyl (C=O) groups excluding carboxylic acids is 3. The second kappa shape index (κ2) is 16.5. The second-order valence-corrected chi connectivity index (χ2v) is 12.8. The summed E-state index contributed by atoms with van der Waals surface area (Å²) in [5.41, 5.74) is 0.881. The molecule has 0 aliphatic carbocycles. The minimum absolute atomic E-state index is 0.0231. The van der Waals surface area contributed by atoms with Gasteiger partial charge < -0.3 is 10.2 Å². The van der Waals surface area contributed by atoms with Crippen LogP contribution in [0.2, 0.25) is 0 Å². The maximum Gasteiger partial charge on any atom is 0.289 e. The lowest BCUT2D eigenvalue weighted by Gasteiger charge is -2.23. The Balaban J connectivity index is 1.71. The second-order valence-electron chi connectivity index (χ2n) is 10.4. The molecule has 3 amide bonds. The first-order chi connectivity index (χ1) is 21.4. The van der Waals surface area contributed by atoms with Crippen LogP contribution in [0.1, 0.15) is 50.7 Å². The number of rotatable bonds is 15. The van der Waals surface area contributed by atoms with E-state index in [9.17, 15) is 32.4 Å². The Hall–Kier alpha value is -3.81. The third-order valence-electron chi connectivity index (χ3n) is 7.01. The molecule has 3 rings (SSSR count). The van der Waals surface area contributed by atoms with E-state index in [1.54, 1.807) is 18.2 Å². The number of hydroxylamine groups is 1. The molecule has 242 valence electrons. The molecule has 3 aromatic rings. The van der Waals surface area contributed by atoms with Crippen molar-refractivity contribution in [1.29, 1.82) is 0 Å². The number of carbonyl (C=O) groups is 3. The lowest BCUT2D eigenvalue weighted by Crippen LogP contribution is -2.36. The molecule has 0 heterocycles. The minimum Gasteiger partial charge on any atom is -0.355 e. The smallest absolute Gasteiger partial charge is 0.289 e. The van der Waals surface area contributed by atoms with Crippen LogP contribution in [0.25, 0.3) is 11.1 Å². The third kappa shape index (κ3) is 9.59. The van der Waals surface area contributed by atoms with E-state index in [1.807, 2.05) is 6.92 Å². The van der Waals surface area contributed by atoms with Gasteiger partial charge in [-0.25, -0.2) is 8.78 Å². The normalized spacial score (nSPS) is 12.0. The molecular weight excluding hydrogens is 624 g/mol. The molecule has 0 aliphatic heterocycles. The molecule has 13 heteroatoms. The van der Waals surface area contributed by atoms with Gasteiger partial charge in [0.2, 0.25) is 11.8 Å². The summed E-state index contributed by atoms with van der Waals surface area (Å²) < 4.78 is 54.9. The summed E-state index contributed by atoms with van der Waals surface area (Å²) in [5.74, 6) is -2.69. The average molecular weight is 662 g/mol. The Labute approximate surface area is 267 Å². The van der Waals surface area contributed by atoms with Crippen molar-refractivity contribution in [2.24, 2.45) is 0 Å². The van der Waals surface area contributed by atoms with Crippen molar-refractivity contribution in [1.82, 2.24) is 14.7 Å². The highest BCUT2D eigenvalue weighted by molar-refractivity contribution is 7.89. The van der Waals surface area contributed by atoms with Gasteiger partial charge in [0, 0.05) is 55.3 Å². The van der Waals surface area contributed by atoms with E-state index >= 15 is 4.39 Å². The SMILES string of the molecule is CCCC(=O)N(CCC(=O)NCC(S)Cc1ccccc1F)Cc1ccc(-c2ccccc2S(=O)(=O)N(O)C(=O)CC)cc1F. The van der Waals surface area contributed by atoms with E-state index in [0.717, 1.165) is 6.07 Å². The van der Waals surface area contributed by atoms with Crippen LogP contribution >= 0.6 is 12.6 Å². The highest BCUT2D eigenvalue weighted by Gasteiger charge is 2.30. The fourth-order valence-electron chi connectivity index (χ4n) is 4.55. The Morgan fingerprint density at radius 2 is 1.60 bits per heavy atom. The zero-order valence-corrected chi connectivity index (χ0v) is 26.8.